The molecule has 5 aromatic rings. The van der Waals surface area contributed by atoms with E-state index in [0.29, 0.717) is 0 Å². The molecule has 0 aliphatic rings. The van der Waals surface area contributed by atoms with Gasteiger partial charge in [0.25, 0.3) is 10.1 Å². The summed E-state index contributed by atoms with van der Waals surface area (Å²) in [4.78, 5) is 9.42. The second kappa shape index (κ2) is 14.1. The van der Waals surface area contributed by atoms with Gasteiger partial charge < -0.3 is 25.6 Å². The van der Waals surface area contributed by atoms with Crippen LogP contribution < -0.4 is 70.0 Å². The predicted molar refractivity (Wildman–Crippen MR) is 153 cm³/mol. The van der Waals surface area contributed by atoms with Crippen molar-refractivity contribution >= 4 is 76.2 Å². The average Bonchev–Trinajstić information content (AvgIpc) is 2.94. The molecular formula is C27H17N5Na2O10S2. The zero-order valence-corrected chi connectivity index (χ0v) is 29.4. The first-order chi connectivity index (χ1) is 20.6. The molecule has 0 aliphatic carbocycles. The van der Waals surface area contributed by atoms with E-state index in [2.05, 4.69) is 20.5 Å². The van der Waals surface area contributed by atoms with Crippen molar-refractivity contribution in [2.45, 2.75) is 9.79 Å². The predicted octanol–water partition coefficient (Wildman–Crippen LogP) is -0.958. The van der Waals surface area contributed by atoms with E-state index in [-0.39, 0.29) is 103 Å². The summed E-state index contributed by atoms with van der Waals surface area (Å²) in [6.45, 7) is 0. The quantitative estimate of drug-likeness (QED) is 0.0703. The van der Waals surface area contributed by atoms with E-state index in [1.807, 2.05) is 0 Å². The monoisotopic (exact) mass is 681 g/mol. The number of nitrogen functional groups attached to an aromatic ring is 1. The smallest absolute Gasteiger partial charge is 0.871 e. The normalized spacial score (nSPS) is 12.0. The summed E-state index contributed by atoms with van der Waals surface area (Å²) in [6.07, 6.45) is 0. The van der Waals surface area contributed by atoms with Crippen LogP contribution in [0, 0.1) is 0 Å². The number of carboxylic acid groups (broad SMARTS) is 1. The van der Waals surface area contributed by atoms with Gasteiger partial charge in [0.15, 0.2) is 5.75 Å². The minimum Gasteiger partial charge on any atom is -0.871 e. The van der Waals surface area contributed by atoms with Crippen molar-refractivity contribution in [3.63, 3.8) is 0 Å². The molecule has 0 saturated carbocycles. The maximum absolute atomic E-state index is 13.0. The van der Waals surface area contributed by atoms with Crippen LogP contribution in [-0.4, -0.2) is 42.1 Å². The molecule has 0 aliphatic heterocycles. The molecule has 0 spiro atoms. The van der Waals surface area contributed by atoms with E-state index in [1.165, 1.54) is 54.6 Å². The van der Waals surface area contributed by atoms with E-state index >= 15 is 0 Å². The number of carbonyl (C=O) groups is 1. The molecule has 5 rings (SSSR count). The number of hydrogen-bond acceptors (Lipinski definition) is 13. The zero-order chi connectivity index (χ0) is 32.0. The summed E-state index contributed by atoms with van der Waals surface area (Å²) in [5.74, 6) is -2.87. The Hall–Kier alpha value is -3.49. The summed E-state index contributed by atoms with van der Waals surface area (Å²) < 4.78 is 70.0. The number of hydrogen-bond donors (Lipinski definition) is 4. The van der Waals surface area contributed by atoms with E-state index in [0.717, 1.165) is 18.2 Å². The Balaban J connectivity index is 0.00000288. The number of fused-ring (bicyclic) bond motifs is 2. The fraction of sp³-hybridized carbons (Fsp3) is 0. The van der Waals surface area contributed by atoms with E-state index in [4.69, 9.17) is 10.8 Å². The first-order valence-corrected chi connectivity index (χ1v) is 14.9. The largest absolute Gasteiger partial charge is 1.00 e. The molecule has 0 radical (unpaired) electrons. The number of phenols is 1. The van der Waals surface area contributed by atoms with Gasteiger partial charge in [0.05, 0.1) is 27.5 Å². The minimum absolute atomic E-state index is 0. The first kappa shape index (κ1) is 37.0. The van der Waals surface area contributed by atoms with Gasteiger partial charge in [-0.1, -0.05) is 17.9 Å². The van der Waals surface area contributed by atoms with Crippen LogP contribution in [0.2, 0.25) is 0 Å². The summed E-state index contributed by atoms with van der Waals surface area (Å²) in [6, 6.07) is 14.9. The molecule has 0 fully saturated rings. The maximum atomic E-state index is 13.0. The molecule has 0 amide bonds. The number of aromatic carboxylic acids is 1. The maximum Gasteiger partial charge on any atom is 1.00 e. The number of nitrogens with zero attached hydrogens (tertiary/aromatic N) is 4. The summed E-state index contributed by atoms with van der Waals surface area (Å²) in [7, 11) is -10.2. The molecule has 224 valence electrons. The number of nitrogens with two attached hydrogens (primary N) is 1. The molecule has 19 heteroatoms. The molecular weight excluding hydrogens is 664 g/mol. The second-order valence-corrected chi connectivity index (χ2v) is 11.9. The second-order valence-electron chi connectivity index (χ2n) is 9.20. The Morgan fingerprint density at radius 1 is 0.739 bits per heavy atom. The fourth-order valence-corrected chi connectivity index (χ4v) is 5.55. The van der Waals surface area contributed by atoms with Crippen LogP contribution in [0.3, 0.4) is 0 Å². The van der Waals surface area contributed by atoms with Gasteiger partial charge in [0.2, 0.25) is 0 Å². The van der Waals surface area contributed by atoms with Gasteiger partial charge in [-0.3, -0.25) is 4.55 Å². The Kier molecular flexibility index (Phi) is 11.3. The third-order valence-corrected chi connectivity index (χ3v) is 7.98. The number of azo groups is 2. The molecule has 0 bridgehead atoms. The Morgan fingerprint density at radius 3 is 1.96 bits per heavy atom. The zero-order valence-electron chi connectivity index (χ0n) is 23.8. The Morgan fingerprint density at radius 2 is 1.33 bits per heavy atom. The SMILES string of the molecule is Nc1ccc2c([O-])c(N=Nc3ccc4c(O)c(N=Nc5cccc(C(=O)O)c5)c(S(=O)(=O)O)cc4c3)c(S(=O)(=O)[O-])cc2c1.[Na+].[Na+]. The third kappa shape index (κ3) is 7.72. The van der Waals surface area contributed by atoms with Crippen LogP contribution in [0.5, 0.6) is 11.5 Å². The van der Waals surface area contributed by atoms with Crippen molar-refractivity contribution in [1.82, 2.24) is 0 Å². The molecule has 0 atom stereocenters. The molecule has 0 saturated heterocycles. The molecule has 0 heterocycles. The Bertz CT molecular complexity index is 2320. The minimum atomic E-state index is -5.18. The molecule has 5 aromatic carbocycles. The molecule has 5 N–H and O–H groups in total. The van der Waals surface area contributed by atoms with E-state index < -0.39 is 58.9 Å². The number of carboxylic acids is 1. The van der Waals surface area contributed by atoms with Gasteiger partial charge >= 0.3 is 65.1 Å². The number of aromatic hydroxyl groups is 1. The average molecular weight is 682 g/mol. The molecule has 0 unspecified atom stereocenters. The van der Waals surface area contributed by atoms with Crippen LogP contribution >= 0.6 is 0 Å². The Labute approximate surface area is 304 Å². The summed E-state index contributed by atoms with van der Waals surface area (Å²) >= 11 is 0. The van der Waals surface area contributed by atoms with Crippen LogP contribution in [0.4, 0.5) is 28.4 Å². The van der Waals surface area contributed by atoms with Crippen LogP contribution in [0.15, 0.2) is 103 Å². The van der Waals surface area contributed by atoms with Crippen LogP contribution in [0.25, 0.3) is 21.5 Å². The molecule has 46 heavy (non-hydrogen) atoms. The third-order valence-electron chi connectivity index (χ3n) is 6.26. The van der Waals surface area contributed by atoms with Crippen LogP contribution in [-0.2, 0) is 20.2 Å². The molecule has 0 aromatic heterocycles. The van der Waals surface area contributed by atoms with Gasteiger partial charge in [-0.2, -0.15) is 18.6 Å². The van der Waals surface area contributed by atoms with Gasteiger partial charge in [-0.05, 0) is 76.8 Å². The van der Waals surface area contributed by atoms with Gasteiger partial charge in [0.1, 0.15) is 20.7 Å². The first-order valence-electron chi connectivity index (χ1n) is 12.1. The van der Waals surface area contributed by atoms with Gasteiger partial charge in [0, 0.05) is 11.1 Å². The van der Waals surface area contributed by atoms with Crippen molar-refractivity contribution in [3.8, 4) is 11.5 Å². The molecule has 15 nitrogen and oxygen atoms in total. The van der Waals surface area contributed by atoms with Crippen molar-refractivity contribution in [2.24, 2.45) is 20.5 Å². The van der Waals surface area contributed by atoms with Crippen molar-refractivity contribution in [3.05, 3.63) is 78.4 Å². The van der Waals surface area contributed by atoms with E-state index in [9.17, 15) is 40.9 Å². The van der Waals surface area contributed by atoms with Gasteiger partial charge in [-0.25, -0.2) is 13.2 Å². The summed E-state index contributed by atoms with van der Waals surface area (Å²) in [5.41, 5.74) is 4.33. The fourth-order valence-electron chi connectivity index (χ4n) is 4.25. The van der Waals surface area contributed by atoms with E-state index in [1.54, 1.807) is 0 Å². The topological polar surface area (TPSA) is 268 Å². The van der Waals surface area contributed by atoms with Crippen molar-refractivity contribution in [2.75, 3.05) is 5.73 Å². The van der Waals surface area contributed by atoms with Gasteiger partial charge in [-0.15, -0.1) is 10.2 Å². The van der Waals surface area contributed by atoms with Crippen LogP contribution in [0.1, 0.15) is 10.4 Å². The van der Waals surface area contributed by atoms with Crippen molar-refractivity contribution < 1.29 is 105 Å². The standard InChI is InChI=1S/C27H19N5O10S2.2Na/c28-16-4-6-19-14(8-16)11-21(43(37,38)39)23(25(19)33)32-30-18-5-7-20-15(10-18)12-22(44(40,41)42)24(26(20)34)31-29-17-3-1-2-13(9-17)27(35)36;;/h1-12,33-34H,28H2,(H,35,36)(H,37,38,39)(H,40,41,42);;/q;2*+1/p-2. The number of rotatable bonds is 7. The van der Waals surface area contributed by atoms with Crippen molar-refractivity contribution in [1.29, 1.82) is 0 Å². The number of benzene rings is 5. The number of anilines is 1. The summed E-state index contributed by atoms with van der Waals surface area (Å²) in [5, 5.41) is 48.2. The number of phenolic OH excluding ortho intramolecular Hbond substituents is 1.